The average Bonchev–Trinajstić information content (AvgIpc) is 2.61. The Balaban J connectivity index is 2.49. The van der Waals surface area contributed by atoms with Crippen LogP contribution in [0.25, 0.3) is 17.1 Å². The Kier molecular flexibility index (Phi) is 1.77. The van der Waals surface area contributed by atoms with E-state index in [9.17, 15) is 0 Å². The van der Waals surface area contributed by atoms with Crippen molar-refractivity contribution in [1.29, 1.82) is 5.26 Å². The van der Waals surface area contributed by atoms with Crippen LogP contribution < -0.4 is 0 Å². The number of aromatic nitrogens is 3. The molecule has 0 aliphatic carbocycles. The highest BCUT2D eigenvalue weighted by Gasteiger charge is 1.95. The van der Waals surface area contributed by atoms with Crippen LogP contribution in [-0.2, 0) is 0 Å². The van der Waals surface area contributed by atoms with Gasteiger partial charge < -0.3 is 0 Å². The molecule has 2 aromatic heterocycles. The van der Waals surface area contributed by atoms with E-state index in [2.05, 4.69) is 15.2 Å². The lowest BCUT2D eigenvalue weighted by Crippen LogP contribution is -1.78. The third-order valence-electron chi connectivity index (χ3n) is 1.66. The smallest absolute Gasteiger partial charge is 0.155 e. The van der Waals surface area contributed by atoms with E-state index in [1.807, 2.05) is 12.1 Å². The summed E-state index contributed by atoms with van der Waals surface area (Å²) in [4.78, 5) is 4.12. The SMILES string of the molecule is N#CC=Cc1cnc2[nH]ncc2c1. The van der Waals surface area contributed by atoms with Crippen molar-refractivity contribution in [3.8, 4) is 6.07 Å². The van der Waals surface area contributed by atoms with Crippen LogP contribution in [0.1, 0.15) is 5.56 Å². The fourth-order valence-corrected chi connectivity index (χ4v) is 1.08. The van der Waals surface area contributed by atoms with Crippen molar-refractivity contribution in [1.82, 2.24) is 15.2 Å². The normalized spacial score (nSPS) is 10.7. The van der Waals surface area contributed by atoms with E-state index in [4.69, 9.17) is 5.26 Å². The number of allylic oxidation sites excluding steroid dienone is 1. The molecule has 0 bridgehead atoms. The molecular weight excluding hydrogens is 164 g/mol. The lowest BCUT2D eigenvalue weighted by molar-refractivity contribution is 1.10. The zero-order chi connectivity index (χ0) is 9.10. The summed E-state index contributed by atoms with van der Waals surface area (Å²) in [5, 5.41) is 15.9. The standard InChI is InChI=1S/C9H6N4/c10-3-1-2-7-4-8-6-12-13-9(8)11-5-7/h1-2,4-6H,(H,11,12,13). The van der Waals surface area contributed by atoms with E-state index in [1.54, 1.807) is 18.5 Å². The number of pyridine rings is 1. The van der Waals surface area contributed by atoms with Crippen LogP contribution in [0.3, 0.4) is 0 Å². The van der Waals surface area contributed by atoms with Gasteiger partial charge in [0, 0.05) is 17.7 Å². The Morgan fingerprint density at radius 2 is 2.38 bits per heavy atom. The van der Waals surface area contributed by atoms with Crippen LogP contribution in [0.5, 0.6) is 0 Å². The topological polar surface area (TPSA) is 65.4 Å². The Labute approximate surface area is 74.5 Å². The minimum Gasteiger partial charge on any atom is -0.261 e. The molecule has 0 spiro atoms. The maximum Gasteiger partial charge on any atom is 0.155 e. The molecule has 0 atom stereocenters. The van der Waals surface area contributed by atoms with Crippen molar-refractivity contribution in [2.24, 2.45) is 0 Å². The summed E-state index contributed by atoms with van der Waals surface area (Å²) in [6.45, 7) is 0. The average molecular weight is 170 g/mol. The molecule has 2 aromatic rings. The van der Waals surface area contributed by atoms with Crippen molar-refractivity contribution in [2.75, 3.05) is 0 Å². The van der Waals surface area contributed by atoms with Crippen LogP contribution in [0.4, 0.5) is 0 Å². The molecule has 13 heavy (non-hydrogen) atoms. The molecule has 0 amide bonds. The Morgan fingerprint density at radius 3 is 3.23 bits per heavy atom. The third-order valence-corrected chi connectivity index (χ3v) is 1.66. The number of fused-ring (bicyclic) bond motifs is 1. The monoisotopic (exact) mass is 170 g/mol. The molecule has 0 radical (unpaired) electrons. The highest BCUT2D eigenvalue weighted by atomic mass is 15.1. The molecule has 0 aromatic carbocycles. The minimum absolute atomic E-state index is 0.758. The highest BCUT2D eigenvalue weighted by Crippen LogP contribution is 2.10. The van der Waals surface area contributed by atoms with Crippen LogP contribution in [0.15, 0.2) is 24.5 Å². The van der Waals surface area contributed by atoms with Crippen molar-refractivity contribution in [3.63, 3.8) is 0 Å². The molecule has 0 fully saturated rings. The van der Waals surface area contributed by atoms with Gasteiger partial charge in [0.05, 0.1) is 12.3 Å². The van der Waals surface area contributed by atoms with Crippen LogP contribution in [0.2, 0.25) is 0 Å². The van der Waals surface area contributed by atoms with Crippen LogP contribution >= 0.6 is 0 Å². The van der Waals surface area contributed by atoms with Gasteiger partial charge in [-0.25, -0.2) is 4.98 Å². The maximum absolute atomic E-state index is 8.33. The molecule has 0 saturated carbocycles. The summed E-state index contributed by atoms with van der Waals surface area (Å²) in [7, 11) is 0. The van der Waals surface area contributed by atoms with Crippen molar-refractivity contribution in [2.45, 2.75) is 0 Å². The number of H-pyrrole nitrogens is 1. The van der Waals surface area contributed by atoms with Crippen LogP contribution in [0, 0.1) is 11.3 Å². The number of rotatable bonds is 1. The molecular formula is C9H6N4. The van der Waals surface area contributed by atoms with Gasteiger partial charge in [-0.2, -0.15) is 10.4 Å². The number of nitrogens with zero attached hydrogens (tertiary/aromatic N) is 3. The second kappa shape index (κ2) is 3.07. The lowest BCUT2D eigenvalue weighted by atomic mass is 10.2. The molecule has 2 heterocycles. The first-order valence-corrected chi connectivity index (χ1v) is 3.75. The third kappa shape index (κ3) is 1.40. The van der Waals surface area contributed by atoms with E-state index in [0.717, 1.165) is 16.6 Å². The van der Waals surface area contributed by atoms with Gasteiger partial charge in [-0.1, -0.05) is 0 Å². The van der Waals surface area contributed by atoms with E-state index < -0.39 is 0 Å². The van der Waals surface area contributed by atoms with Gasteiger partial charge in [-0.05, 0) is 17.7 Å². The van der Waals surface area contributed by atoms with Gasteiger partial charge in [0.1, 0.15) is 0 Å². The van der Waals surface area contributed by atoms with Gasteiger partial charge in [0.2, 0.25) is 0 Å². The Morgan fingerprint density at radius 1 is 1.46 bits per heavy atom. The molecule has 0 aliphatic rings. The quantitative estimate of drug-likeness (QED) is 0.659. The zero-order valence-corrected chi connectivity index (χ0v) is 6.73. The molecule has 2 rings (SSSR count). The molecule has 4 nitrogen and oxygen atoms in total. The first-order chi connectivity index (χ1) is 6.40. The number of nitrogens with one attached hydrogen (secondary N) is 1. The largest absolute Gasteiger partial charge is 0.261 e. The lowest BCUT2D eigenvalue weighted by Gasteiger charge is -1.90. The van der Waals surface area contributed by atoms with Crippen molar-refractivity contribution in [3.05, 3.63) is 30.1 Å². The number of hydrogen-bond donors (Lipinski definition) is 1. The number of aromatic amines is 1. The number of nitriles is 1. The predicted molar refractivity (Wildman–Crippen MR) is 48.5 cm³/mol. The first kappa shape index (κ1) is 7.50. The second-order valence-corrected chi connectivity index (χ2v) is 2.54. The van der Waals surface area contributed by atoms with Gasteiger partial charge in [-0.3, -0.25) is 5.10 Å². The fourth-order valence-electron chi connectivity index (χ4n) is 1.08. The Bertz CT molecular complexity index is 490. The summed E-state index contributed by atoms with van der Waals surface area (Å²) in [6.07, 6.45) is 6.52. The van der Waals surface area contributed by atoms with Gasteiger partial charge in [-0.15, -0.1) is 0 Å². The van der Waals surface area contributed by atoms with Gasteiger partial charge >= 0.3 is 0 Å². The van der Waals surface area contributed by atoms with E-state index in [-0.39, 0.29) is 0 Å². The molecule has 1 N–H and O–H groups in total. The van der Waals surface area contributed by atoms with E-state index in [0.29, 0.717) is 0 Å². The summed E-state index contributed by atoms with van der Waals surface area (Å²) in [5.74, 6) is 0. The zero-order valence-electron chi connectivity index (χ0n) is 6.73. The predicted octanol–water partition coefficient (Wildman–Crippen LogP) is 1.49. The van der Waals surface area contributed by atoms with Crippen molar-refractivity contribution >= 4 is 17.1 Å². The van der Waals surface area contributed by atoms with Gasteiger partial charge in [0.15, 0.2) is 5.65 Å². The first-order valence-electron chi connectivity index (χ1n) is 3.75. The maximum atomic E-state index is 8.33. The fraction of sp³-hybridized carbons (Fsp3) is 0. The molecule has 0 aliphatic heterocycles. The highest BCUT2D eigenvalue weighted by molar-refractivity contribution is 5.76. The Hall–Kier alpha value is -2.15. The van der Waals surface area contributed by atoms with Crippen LogP contribution in [-0.4, -0.2) is 15.2 Å². The molecule has 62 valence electrons. The molecule has 0 unspecified atom stereocenters. The summed E-state index contributed by atoms with van der Waals surface area (Å²) >= 11 is 0. The van der Waals surface area contributed by atoms with E-state index in [1.165, 1.54) is 6.08 Å². The minimum atomic E-state index is 0.758. The van der Waals surface area contributed by atoms with Crippen molar-refractivity contribution < 1.29 is 0 Å². The van der Waals surface area contributed by atoms with Gasteiger partial charge in [0.25, 0.3) is 0 Å². The van der Waals surface area contributed by atoms with E-state index >= 15 is 0 Å². The second-order valence-electron chi connectivity index (χ2n) is 2.54. The molecule has 0 saturated heterocycles. The summed E-state index contributed by atoms with van der Waals surface area (Å²) in [5.41, 5.74) is 1.66. The summed E-state index contributed by atoms with van der Waals surface area (Å²) in [6, 6.07) is 3.84. The molecule has 4 heteroatoms. The summed E-state index contributed by atoms with van der Waals surface area (Å²) < 4.78 is 0. The number of hydrogen-bond acceptors (Lipinski definition) is 3.